The molecular formula is C18H17N5O5S3. The summed E-state index contributed by atoms with van der Waals surface area (Å²) in [6.07, 6.45) is 0. The molecule has 3 heterocycles. The summed E-state index contributed by atoms with van der Waals surface area (Å²) in [5.74, 6) is 0.0891. The minimum Gasteiger partial charge on any atom is -0.456 e. The fraction of sp³-hybridized carbons (Fsp3) is 0.333. The maximum Gasteiger partial charge on any atom is 0.355 e. The van der Waals surface area contributed by atoms with Crippen molar-refractivity contribution in [1.29, 1.82) is 0 Å². The average molecular weight is 480 g/mol. The van der Waals surface area contributed by atoms with Crippen LogP contribution < -0.4 is 5.73 Å². The molecule has 0 radical (unpaired) electrons. The molecule has 0 bridgehead atoms. The van der Waals surface area contributed by atoms with E-state index in [0.29, 0.717) is 17.1 Å². The molecule has 1 unspecified atom stereocenters. The summed E-state index contributed by atoms with van der Waals surface area (Å²) in [7, 11) is 0. The molecule has 162 valence electrons. The van der Waals surface area contributed by atoms with E-state index in [0.717, 1.165) is 14.9 Å². The molecule has 1 amide bonds. The summed E-state index contributed by atoms with van der Waals surface area (Å²) in [5, 5.41) is 19.4. The normalized spacial score (nSPS) is 20.3. The molecule has 2 aromatic rings. The number of aromatic nitrogens is 2. The lowest BCUT2D eigenvalue weighted by atomic mass is 10.0. The first-order valence-electron chi connectivity index (χ1n) is 9.11. The quantitative estimate of drug-likeness (QED) is 0.206. The minimum absolute atomic E-state index is 0.0451. The third kappa shape index (κ3) is 4.44. The summed E-state index contributed by atoms with van der Waals surface area (Å²) >= 11 is 4.43. The molecule has 4 rings (SSSR count). The molecule has 1 fully saturated rings. The van der Waals surface area contributed by atoms with Gasteiger partial charge in [-0.1, -0.05) is 23.1 Å². The first-order valence-corrected chi connectivity index (χ1v) is 12.0. The van der Waals surface area contributed by atoms with E-state index < -0.39 is 16.9 Å². The smallest absolute Gasteiger partial charge is 0.355 e. The predicted octanol–water partition coefficient (Wildman–Crippen LogP) is 2.09. The number of rotatable bonds is 7. The molecule has 2 atom stereocenters. The lowest BCUT2D eigenvalue weighted by Gasteiger charge is -2.48. The molecule has 0 spiro atoms. The van der Waals surface area contributed by atoms with Gasteiger partial charge in [0.2, 0.25) is 5.91 Å². The van der Waals surface area contributed by atoms with Gasteiger partial charge in [-0.15, -0.1) is 22.0 Å². The van der Waals surface area contributed by atoms with E-state index in [1.165, 1.54) is 64.0 Å². The maximum atomic E-state index is 12.9. The Morgan fingerprint density at radius 1 is 1.39 bits per heavy atom. The fourth-order valence-corrected chi connectivity index (χ4v) is 6.34. The van der Waals surface area contributed by atoms with Crippen LogP contribution in [0.3, 0.4) is 0 Å². The Balaban J connectivity index is 1.50. The van der Waals surface area contributed by atoms with E-state index in [2.05, 4.69) is 10.2 Å². The Morgan fingerprint density at radius 2 is 2.13 bits per heavy atom. The van der Waals surface area contributed by atoms with Gasteiger partial charge in [0.05, 0.1) is 4.92 Å². The largest absolute Gasteiger partial charge is 0.456 e. The Kier molecular flexibility index (Phi) is 6.27. The molecular weight excluding hydrogens is 462 g/mol. The van der Waals surface area contributed by atoms with E-state index in [1.807, 2.05) is 6.92 Å². The number of nitro benzene ring substituents is 1. The standard InChI is InChI=1S/C18H17N5O5S3/c1-9-20-21-18(31-9)30-8-11-7-29-16-13(19)15(24)22(16)14(11)17(25)28-6-10-2-4-12(5-3-10)23(26)27/h2-5,13,16H,6-8,19H2,1H3/t13?,16-/m0/s1. The molecule has 1 aromatic heterocycles. The zero-order valence-corrected chi connectivity index (χ0v) is 18.7. The van der Waals surface area contributed by atoms with Crippen LogP contribution in [0.15, 0.2) is 39.9 Å². The number of benzene rings is 1. The summed E-state index contributed by atoms with van der Waals surface area (Å²) in [4.78, 5) is 37.0. The highest BCUT2D eigenvalue weighted by molar-refractivity contribution is 8.01. The zero-order valence-electron chi connectivity index (χ0n) is 16.2. The molecule has 10 nitrogen and oxygen atoms in total. The molecule has 2 N–H and O–H groups in total. The zero-order chi connectivity index (χ0) is 22.1. The Bertz CT molecular complexity index is 1070. The highest BCUT2D eigenvalue weighted by Gasteiger charge is 2.52. The maximum absolute atomic E-state index is 12.9. The number of hydrogen-bond acceptors (Lipinski definition) is 11. The van der Waals surface area contributed by atoms with Gasteiger partial charge in [-0.25, -0.2) is 4.79 Å². The topological polar surface area (TPSA) is 142 Å². The van der Waals surface area contributed by atoms with Crippen LogP contribution in [-0.2, 0) is 20.9 Å². The van der Waals surface area contributed by atoms with Crippen molar-refractivity contribution in [2.24, 2.45) is 5.73 Å². The highest BCUT2D eigenvalue weighted by Crippen LogP contribution is 2.41. The first kappa shape index (κ1) is 21.7. The fourth-order valence-electron chi connectivity index (χ4n) is 3.10. The number of nitrogens with two attached hydrogens (primary N) is 1. The molecule has 1 saturated heterocycles. The second-order valence-corrected chi connectivity index (χ2v) is 10.3. The van der Waals surface area contributed by atoms with Crippen molar-refractivity contribution in [1.82, 2.24) is 15.1 Å². The molecule has 0 aliphatic carbocycles. The Hall–Kier alpha value is -2.48. The number of carbonyl (C=O) groups excluding carboxylic acids is 2. The van der Waals surface area contributed by atoms with Crippen LogP contribution in [0.25, 0.3) is 0 Å². The molecule has 1 aromatic carbocycles. The van der Waals surface area contributed by atoms with Crippen LogP contribution >= 0.6 is 34.9 Å². The third-order valence-electron chi connectivity index (χ3n) is 4.68. The summed E-state index contributed by atoms with van der Waals surface area (Å²) < 4.78 is 6.23. The Morgan fingerprint density at radius 3 is 2.77 bits per heavy atom. The Labute approximate surface area is 189 Å². The molecule has 2 aliphatic rings. The average Bonchev–Trinajstić information content (AvgIpc) is 3.20. The van der Waals surface area contributed by atoms with Crippen LogP contribution in [0.2, 0.25) is 0 Å². The van der Waals surface area contributed by atoms with Gasteiger partial charge in [-0.2, -0.15) is 0 Å². The van der Waals surface area contributed by atoms with Gasteiger partial charge >= 0.3 is 5.97 Å². The number of fused-ring (bicyclic) bond motifs is 1. The number of esters is 1. The van der Waals surface area contributed by atoms with Crippen LogP contribution in [-0.4, -0.2) is 54.8 Å². The molecule has 0 saturated carbocycles. The number of nitrogens with zero attached hydrogens (tertiary/aromatic N) is 4. The van der Waals surface area contributed by atoms with Crippen molar-refractivity contribution in [2.75, 3.05) is 11.5 Å². The van der Waals surface area contributed by atoms with Crippen LogP contribution in [0.4, 0.5) is 5.69 Å². The van der Waals surface area contributed by atoms with E-state index in [4.69, 9.17) is 10.5 Å². The van der Waals surface area contributed by atoms with Gasteiger partial charge in [0.15, 0.2) is 4.34 Å². The number of amides is 1. The summed E-state index contributed by atoms with van der Waals surface area (Å²) in [6, 6.07) is 5.11. The summed E-state index contributed by atoms with van der Waals surface area (Å²) in [5.41, 5.74) is 7.45. The first-order chi connectivity index (χ1) is 14.8. The lowest BCUT2D eigenvalue weighted by Crippen LogP contribution is -2.68. The summed E-state index contributed by atoms with van der Waals surface area (Å²) in [6.45, 7) is 1.80. The molecule has 31 heavy (non-hydrogen) atoms. The SMILES string of the molecule is Cc1nnc(SCC2=C(C(=O)OCc3ccc([N+](=O)[O-])cc3)N3C(=O)C(N)[C@@H]3SC2)s1. The number of thioether (sulfide) groups is 2. The predicted molar refractivity (Wildman–Crippen MR) is 116 cm³/mol. The van der Waals surface area contributed by atoms with Gasteiger partial charge in [-0.3, -0.25) is 19.8 Å². The van der Waals surface area contributed by atoms with Crippen LogP contribution in [0, 0.1) is 17.0 Å². The second-order valence-electron chi connectivity index (χ2n) is 6.76. The van der Waals surface area contributed by atoms with Gasteiger partial charge in [0.1, 0.15) is 28.7 Å². The lowest BCUT2D eigenvalue weighted by molar-refractivity contribution is -0.384. The van der Waals surface area contributed by atoms with Gasteiger partial charge in [-0.05, 0) is 30.2 Å². The van der Waals surface area contributed by atoms with Crippen molar-refractivity contribution in [2.45, 2.75) is 29.3 Å². The van der Waals surface area contributed by atoms with E-state index in [1.54, 1.807) is 0 Å². The van der Waals surface area contributed by atoms with Crippen LogP contribution in [0.1, 0.15) is 10.6 Å². The van der Waals surface area contributed by atoms with Crippen molar-refractivity contribution in [3.05, 3.63) is 56.2 Å². The number of non-ortho nitro benzene ring substituents is 1. The van der Waals surface area contributed by atoms with Gasteiger partial charge in [0, 0.05) is 23.6 Å². The van der Waals surface area contributed by atoms with Crippen molar-refractivity contribution in [3.8, 4) is 0 Å². The second kappa shape index (κ2) is 8.94. The number of nitro groups is 1. The number of β-lactam (4-membered cyclic amide) rings is 1. The van der Waals surface area contributed by atoms with Crippen molar-refractivity contribution < 1.29 is 19.2 Å². The van der Waals surface area contributed by atoms with Gasteiger partial charge < -0.3 is 10.5 Å². The number of carbonyl (C=O) groups is 2. The number of hydrogen-bond donors (Lipinski definition) is 1. The van der Waals surface area contributed by atoms with Crippen LogP contribution in [0.5, 0.6) is 0 Å². The van der Waals surface area contributed by atoms with Crippen molar-refractivity contribution in [3.63, 3.8) is 0 Å². The van der Waals surface area contributed by atoms with E-state index in [9.17, 15) is 19.7 Å². The molecule has 2 aliphatic heterocycles. The number of aryl methyl sites for hydroxylation is 1. The van der Waals surface area contributed by atoms with E-state index >= 15 is 0 Å². The third-order valence-corrected chi connectivity index (χ3v) is 8.10. The molecule has 13 heteroatoms. The van der Waals surface area contributed by atoms with E-state index in [-0.39, 0.29) is 29.3 Å². The highest BCUT2D eigenvalue weighted by atomic mass is 32.2. The number of ether oxygens (including phenoxy) is 1. The van der Waals surface area contributed by atoms with Crippen molar-refractivity contribution >= 4 is 52.4 Å². The minimum atomic E-state index is -0.637. The monoisotopic (exact) mass is 479 g/mol. The van der Waals surface area contributed by atoms with Gasteiger partial charge in [0.25, 0.3) is 5.69 Å².